The largest absolute Gasteiger partial charge is 0.325 e. The van der Waals surface area contributed by atoms with Crippen molar-refractivity contribution in [2.75, 3.05) is 11.1 Å². The van der Waals surface area contributed by atoms with Gasteiger partial charge in [-0.15, -0.1) is 10.2 Å². The van der Waals surface area contributed by atoms with Gasteiger partial charge in [-0.3, -0.25) is 9.36 Å². The van der Waals surface area contributed by atoms with E-state index in [4.69, 9.17) is 0 Å². The third kappa shape index (κ3) is 4.75. The molecular weight excluding hydrogens is 416 g/mol. The number of nitrogens with zero attached hydrogens (tertiary/aromatic N) is 3. The SMILES string of the molecule is CCc1cccc(CC)c1NC(=O)CSc1nnc(-c2ccccc2)n1-c1ccccc1. The van der Waals surface area contributed by atoms with Crippen LogP contribution in [0.15, 0.2) is 84.0 Å². The van der Waals surface area contributed by atoms with Gasteiger partial charge in [0.25, 0.3) is 0 Å². The molecule has 0 aliphatic carbocycles. The molecule has 0 unspecified atom stereocenters. The summed E-state index contributed by atoms with van der Waals surface area (Å²) in [5, 5.41) is 12.7. The standard InChI is InChI=1S/C26H26N4OS/c1-3-19-14-11-15-20(4-2)24(19)27-23(31)18-32-26-29-28-25(21-12-7-5-8-13-21)30(26)22-16-9-6-10-17-22/h5-17H,3-4,18H2,1-2H3,(H,27,31). The van der Waals surface area contributed by atoms with Crippen LogP contribution in [0.4, 0.5) is 5.69 Å². The number of aryl methyl sites for hydroxylation is 2. The highest BCUT2D eigenvalue weighted by atomic mass is 32.2. The van der Waals surface area contributed by atoms with Gasteiger partial charge in [0, 0.05) is 16.9 Å². The van der Waals surface area contributed by atoms with Crippen LogP contribution < -0.4 is 5.32 Å². The van der Waals surface area contributed by atoms with E-state index in [-0.39, 0.29) is 11.7 Å². The smallest absolute Gasteiger partial charge is 0.234 e. The second kappa shape index (κ2) is 10.3. The summed E-state index contributed by atoms with van der Waals surface area (Å²) in [7, 11) is 0. The van der Waals surface area contributed by atoms with Crippen molar-refractivity contribution in [3.8, 4) is 17.1 Å². The van der Waals surface area contributed by atoms with Gasteiger partial charge in [0.1, 0.15) is 0 Å². The minimum absolute atomic E-state index is 0.0468. The Hall–Kier alpha value is -3.38. The van der Waals surface area contributed by atoms with Crippen molar-refractivity contribution < 1.29 is 4.79 Å². The van der Waals surface area contributed by atoms with Gasteiger partial charge in [-0.05, 0) is 36.1 Å². The maximum absolute atomic E-state index is 12.9. The van der Waals surface area contributed by atoms with E-state index < -0.39 is 0 Å². The number of benzene rings is 3. The Morgan fingerprint density at radius 3 is 2.09 bits per heavy atom. The molecule has 6 heteroatoms. The first-order chi connectivity index (χ1) is 15.7. The molecule has 1 heterocycles. The number of aromatic nitrogens is 3. The van der Waals surface area contributed by atoms with E-state index in [2.05, 4.69) is 47.6 Å². The van der Waals surface area contributed by atoms with Gasteiger partial charge >= 0.3 is 0 Å². The lowest BCUT2D eigenvalue weighted by molar-refractivity contribution is -0.113. The van der Waals surface area contributed by atoms with E-state index in [1.54, 1.807) is 0 Å². The number of hydrogen-bond acceptors (Lipinski definition) is 4. The predicted octanol–water partition coefficient (Wildman–Crippen LogP) is 5.79. The summed E-state index contributed by atoms with van der Waals surface area (Å²) in [6.45, 7) is 4.21. The minimum atomic E-state index is -0.0468. The zero-order valence-electron chi connectivity index (χ0n) is 18.3. The fraction of sp³-hybridized carbons (Fsp3) is 0.192. The molecule has 1 amide bonds. The van der Waals surface area contributed by atoms with Gasteiger partial charge in [0.05, 0.1) is 5.75 Å². The average Bonchev–Trinajstić information content (AvgIpc) is 3.28. The van der Waals surface area contributed by atoms with Crippen molar-refractivity contribution in [3.63, 3.8) is 0 Å². The molecule has 0 radical (unpaired) electrons. The number of para-hydroxylation sites is 2. The van der Waals surface area contributed by atoms with Gasteiger partial charge < -0.3 is 5.32 Å². The van der Waals surface area contributed by atoms with Crippen LogP contribution in [0.3, 0.4) is 0 Å². The number of amides is 1. The molecule has 5 nitrogen and oxygen atoms in total. The highest BCUT2D eigenvalue weighted by molar-refractivity contribution is 7.99. The van der Waals surface area contributed by atoms with Gasteiger partial charge in [-0.2, -0.15) is 0 Å². The lowest BCUT2D eigenvalue weighted by Gasteiger charge is -2.14. The van der Waals surface area contributed by atoms with Crippen LogP contribution >= 0.6 is 11.8 Å². The number of hydrogen-bond donors (Lipinski definition) is 1. The predicted molar refractivity (Wildman–Crippen MR) is 131 cm³/mol. The van der Waals surface area contributed by atoms with E-state index in [0.29, 0.717) is 5.16 Å². The molecule has 0 spiro atoms. The molecule has 0 aliphatic heterocycles. The number of carbonyl (C=O) groups excluding carboxylic acids is 1. The maximum Gasteiger partial charge on any atom is 0.234 e. The topological polar surface area (TPSA) is 59.8 Å². The Labute approximate surface area is 192 Å². The second-order valence-electron chi connectivity index (χ2n) is 7.34. The molecule has 4 aromatic rings. The molecular formula is C26H26N4OS. The summed E-state index contributed by atoms with van der Waals surface area (Å²) >= 11 is 1.39. The first kappa shape index (κ1) is 21.8. The van der Waals surface area contributed by atoms with Crippen LogP contribution in [0.25, 0.3) is 17.1 Å². The van der Waals surface area contributed by atoms with Crippen LogP contribution in [0, 0.1) is 0 Å². The fourth-order valence-electron chi connectivity index (χ4n) is 3.66. The molecule has 162 valence electrons. The molecule has 0 fully saturated rings. The van der Waals surface area contributed by atoms with Crippen molar-refractivity contribution in [2.45, 2.75) is 31.8 Å². The molecule has 0 saturated heterocycles. The van der Waals surface area contributed by atoms with Crippen LogP contribution in [0.5, 0.6) is 0 Å². The fourth-order valence-corrected chi connectivity index (χ4v) is 4.41. The van der Waals surface area contributed by atoms with E-state index in [1.807, 2.05) is 65.2 Å². The number of anilines is 1. The minimum Gasteiger partial charge on any atom is -0.325 e. The number of thioether (sulfide) groups is 1. The zero-order chi connectivity index (χ0) is 22.3. The summed E-state index contributed by atoms with van der Waals surface area (Å²) in [6, 6.07) is 26.1. The number of rotatable bonds is 8. The quantitative estimate of drug-likeness (QED) is 0.351. The maximum atomic E-state index is 12.9. The van der Waals surface area contributed by atoms with Crippen molar-refractivity contribution in [2.24, 2.45) is 0 Å². The molecule has 0 bridgehead atoms. The van der Waals surface area contributed by atoms with Crippen LogP contribution in [0.1, 0.15) is 25.0 Å². The molecule has 4 rings (SSSR count). The average molecular weight is 443 g/mol. The van der Waals surface area contributed by atoms with E-state index >= 15 is 0 Å². The first-order valence-electron chi connectivity index (χ1n) is 10.8. The van der Waals surface area contributed by atoms with Crippen LogP contribution in [-0.2, 0) is 17.6 Å². The Bertz CT molecular complexity index is 1170. The molecule has 0 aliphatic rings. The second-order valence-corrected chi connectivity index (χ2v) is 8.28. The monoisotopic (exact) mass is 442 g/mol. The summed E-state index contributed by atoms with van der Waals surface area (Å²) in [5.41, 5.74) is 5.19. The highest BCUT2D eigenvalue weighted by Gasteiger charge is 2.18. The normalized spacial score (nSPS) is 10.8. The van der Waals surface area contributed by atoms with Crippen molar-refractivity contribution >= 4 is 23.4 Å². The van der Waals surface area contributed by atoms with Crippen molar-refractivity contribution in [3.05, 3.63) is 90.0 Å². The van der Waals surface area contributed by atoms with Crippen LogP contribution in [-0.4, -0.2) is 26.4 Å². The molecule has 1 aromatic heterocycles. The third-order valence-electron chi connectivity index (χ3n) is 5.28. The van der Waals surface area contributed by atoms with Gasteiger partial charge in [0.15, 0.2) is 11.0 Å². The molecule has 32 heavy (non-hydrogen) atoms. The van der Waals surface area contributed by atoms with E-state index in [0.717, 1.165) is 46.7 Å². The number of carbonyl (C=O) groups is 1. The Balaban J connectivity index is 1.58. The van der Waals surface area contributed by atoms with E-state index in [1.165, 1.54) is 11.8 Å². The molecule has 1 N–H and O–H groups in total. The summed E-state index contributed by atoms with van der Waals surface area (Å²) < 4.78 is 2.00. The highest BCUT2D eigenvalue weighted by Crippen LogP contribution is 2.28. The lowest BCUT2D eigenvalue weighted by Crippen LogP contribution is -2.17. The van der Waals surface area contributed by atoms with Gasteiger partial charge in [-0.25, -0.2) is 0 Å². The summed E-state index contributed by atoms with van der Waals surface area (Å²) in [4.78, 5) is 12.9. The molecule has 0 saturated carbocycles. The first-order valence-corrected chi connectivity index (χ1v) is 11.8. The Kier molecular flexibility index (Phi) is 7.02. The zero-order valence-corrected chi connectivity index (χ0v) is 19.1. The van der Waals surface area contributed by atoms with Crippen molar-refractivity contribution in [1.29, 1.82) is 0 Å². The third-order valence-corrected chi connectivity index (χ3v) is 6.20. The van der Waals surface area contributed by atoms with Crippen molar-refractivity contribution in [1.82, 2.24) is 14.8 Å². The van der Waals surface area contributed by atoms with E-state index in [9.17, 15) is 4.79 Å². The Morgan fingerprint density at radius 1 is 0.844 bits per heavy atom. The molecule has 3 aromatic carbocycles. The number of nitrogens with one attached hydrogen (secondary N) is 1. The molecule has 0 atom stereocenters. The summed E-state index contributed by atoms with van der Waals surface area (Å²) in [6.07, 6.45) is 1.75. The Morgan fingerprint density at radius 2 is 1.47 bits per heavy atom. The van der Waals surface area contributed by atoms with Crippen LogP contribution in [0.2, 0.25) is 0 Å². The lowest BCUT2D eigenvalue weighted by atomic mass is 10.0. The van der Waals surface area contributed by atoms with Gasteiger partial charge in [-0.1, -0.05) is 92.3 Å². The summed E-state index contributed by atoms with van der Waals surface area (Å²) in [5.74, 6) is 0.958. The van der Waals surface area contributed by atoms with Gasteiger partial charge in [0.2, 0.25) is 5.91 Å².